The zero-order valence-corrected chi connectivity index (χ0v) is 10.8. The summed E-state index contributed by atoms with van der Waals surface area (Å²) in [7, 11) is 0. The fraction of sp³-hybridized carbons (Fsp3) is 0.429. The van der Waals surface area contributed by atoms with Gasteiger partial charge in [0.25, 0.3) is 0 Å². The van der Waals surface area contributed by atoms with Crippen LogP contribution in [-0.2, 0) is 16.1 Å². The molecule has 19 heavy (non-hydrogen) atoms. The van der Waals surface area contributed by atoms with Crippen LogP contribution in [0.2, 0.25) is 0 Å². The molecular weight excluding hydrogens is 244 g/mol. The van der Waals surface area contributed by atoms with Crippen LogP contribution in [0.1, 0.15) is 30.4 Å². The lowest BCUT2D eigenvalue weighted by atomic mass is 9.90. The molecule has 1 aromatic carbocycles. The average Bonchev–Trinajstić information content (AvgIpc) is 2.43. The highest BCUT2D eigenvalue weighted by Crippen LogP contribution is 2.24. The number of benzene rings is 1. The highest BCUT2D eigenvalue weighted by Gasteiger charge is 2.28. The summed E-state index contributed by atoms with van der Waals surface area (Å²) in [6, 6.07) is 6.94. The van der Waals surface area contributed by atoms with Crippen molar-refractivity contribution in [3.05, 3.63) is 35.4 Å². The Labute approximate surface area is 112 Å². The van der Waals surface area contributed by atoms with E-state index in [4.69, 9.17) is 5.11 Å². The number of amides is 1. The molecule has 5 heteroatoms. The van der Waals surface area contributed by atoms with E-state index in [1.54, 1.807) is 6.92 Å². The molecule has 0 saturated heterocycles. The van der Waals surface area contributed by atoms with Gasteiger partial charge in [-0.15, -0.1) is 0 Å². The van der Waals surface area contributed by atoms with Crippen molar-refractivity contribution in [3.8, 4) is 0 Å². The SMILES string of the molecule is CC[C@H](NC(=O)C1CNCc2ccccc21)C(=O)O. The van der Waals surface area contributed by atoms with Crippen LogP contribution < -0.4 is 10.6 Å². The number of fused-ring (bicyclic) bond motifs is 1. The van der Waals surface area contributed by atoms with Crippen molar-refractivity contribution in [2.24, 2.45) is 0 Å². The molecule has 1 unspecified atom stereocenters. The summed E-state index contributed by atoms with van der Waals surface area (Å²) in [5, 5.41) is 14.8. The van der Waals surface area contributed by atoms with Crippen molar-refractivity contribution >= 4 is 11.9 Å². The van der Waals surface area contributed by atoms with Crippen LogP contribution in [0.15, 0.2) is 24.3 Å². The second kappa shape index (κ2) is 5.84. The number of aliphatic carboxylic acids is 1. The van der Waals surface area contributed by atoms with E-state index in [1.807, 2.05) is 24.3 Å². The van der Waals surface area contributed by atoms with Crippen LogP contribution in [-0.4, -0.2) is 29.6 Å². The smallest absolute Gasteiger partial charge is 0.326 e. The van der Waals surface area contributed by atoms with Gasteiger partial charge in [-0.1, -0.05) is 31.2 Å². The van der Waals surface area contributed by atoms with Gasteiger partial charge in [-0.25, -0.2) is 4.79 Å². The first kappa shape index (κ1) is 13.5. The Morgan fingerprint density at radius 1 is 1.47 bits per heavy atom. The predicted molar refractivity (Wildman–Crippen MR) is 70.7 cm³/mol. The van der Waals surface area contributed by atoms with Crippen molar-refractivity contribution in [1.82, 2.24) is 10.6 Å². The fourth-order valence-electron chi connectivity index (χ4n) is 2.34. The summed E-state index contributed by atoms with van der Waals surface area (Å²) >= 11 is 0. The molecule has 1 aromatic rings. The predicted octanol–water partition coefficient (Wildman–Crippen LogP) is 0.853. The van der Waals surface area contributed by atoms with E-state index in [-0.39, 0.29) is 11.8 Å². The average molecular weight is 262 g/mol. The van der Waals surface area contributed by atoms with E-state index in [9.17, 15) is 9.59 Å². The maximum atomic E-state index is 12.2. The highest BCUT2D eigenvalue weighted by molar-refractivity contribution is 5.88. The summed E-state index contributed by atoms with van der Waals surface area (Å²) in [5.74, 6) is -1.54. The van der Waals surface area contributed by atoms with Crippen LogP contribution in [0.4, 0.5) is 0 Å². The fourth-order valence-corrected chi connectivity index (χ4v) is 2.34. The van der Waals surface area contributed by atoms with Crippen molar-refractivity contribution in [1.29, 1.82) is 0 Å². The normalized spacial score (nSPS) is 19.3. The largest absolute Gasteiger partial charge is 0.480 e. The Balaban J connectivity index is 2.15. The van der Waals surface area contributed by atoms with Gasteiger partial charge in [0.2, 0.25) is 5.91 Å². The molecule has 102 valence electrons. The van der Waals surface area contributed by atoms with Gasteiger partial charge >= 0.3 is 5.97 Å². The molecule has 1 aliphatic rings. The molecular formula is C14H18N2O3. The van der Waals surface area contributed by atoms with E-state index < -0.39 is 12.0 Å². The van der Waals surface area contributed by atoms with Gasteiger partial charge in [-0.05, 0) is 17.5 Å². The molecule has 0 aliphatic carbocycles. The second-order valence-electron chi connectivity index (χ2n) is 4.69. The van der Waals surface area contributed by atoms with Crippen molar-refractivity contribution in [2.75, 3.05) is 6.54 Å². The van der Waals surface area contributed by atoms with Gasteiger partial charge in [-0.3, -0.25) is 4.79 Å². The minimum absolute atomic E-state index is 0.228. The van der Waals surface area contributed by atoms with Crippen LogP contribution in [0, 0.1) is 0 Å². The zero-order valence-electron chi connectivity index (χ0n) is 10.8. The molecule has 1 heterocycles. The first-order chi connectivity index (χ1) is 9.13. The monoisotopic (exact) mass is 262 g/mol. The van der Waals surface area contributed by atoms with Crippen molar-refractivity contribution < 1.29 is 14.7 Å². The Morgan fingerprint density at radius 2 is 2.21 bits per heavy atom. The third-order valence-electron chi connectivity index (χ3n) is 3.43. The first-order valence-corrected chi connectivity index (χ1v) is 6.45. The molecule has 5 nitrogen and oxygen atoms in total. The molecule has 2 atom stereocenters. The molecule has 0 bridgehead atoms. The zero-order chi connectivity index (χ0) is 13.8. The number of carbonyl (C=O) groups excluding carboxylic acids is 1. The molecule has 2 rings (SSSR count). The molecule has 3 N–H and O–H groups in total. The minimum atomic E-state index is -0.993. The van der Waals surface area contributed by atoms with E-state index in [2.05, 4.69) is 10.6 Å². The van der Waals surface area contributed by atoms with E-state index in [0.29, 0.717) is 13.0 Å². The lowest BCUT2D eigenvalue weighted by molar-refractivity contribution is -0.142. The van der Waals surface area contributed by atoms with Gasteiger partial charge in [-0.2, -0.15) is 0 Å². The number of nitrogens with one attached hydrogen (secondary N) is 2. The van der Waals surface area contributed by atoms with Crippen LogP contribution in [0.25, 0.3) is 0 Å². The maximum absolute atomic E-state index is 12.2. The molecule has 0 fully saturated rings. The first-order valence-electron chi connectivity index (χ1n) is 6.45. The van der Waals surface area contributed by atoms with Crippen LogP contribution in [0.3, 0.4) is 0 Å². The van der Waals surface area contributed by atoms with Gasteiger partial charge in [0.15, 0.2) is 0 Å². The molecule has 0 saturated carbocycles. The van der Waals surface area contributed by atoms with E-state index >= 15 is 0 Å². The van der Waals surface area contributed by atoms with E-state index in [0.717, 1.165) is 17.7 Å². The molecule has 1 amide bonds. The van der Waals surface area contributed by atoms with Gasteiger partial charge in [0, 0.05) is 13.1 Å². The number of rotatable bonds is 4. The lowest BCUT2D eigenvalue weighted by Gasteiger charge is -2.26. The lowest BCUT2D eigenvalue weighted by Crippen LogP contribution is -2.45. The van der Waals surface area contributed by atoms with Gasteiger partial charge in [0.05, 0.1) is 5.92 Å². The molecule has 0 spiro atoms. The Morgan fingerprint density at radius 3 is 2.89 bits per heavy atom. The standard InChI is InChI=1S/C14H18N2O3/c1-2-12(14(18)19)16-13(17)11-8-15-7-9-5-3-4-6-10(9)11/h3-6,11-12,15H,2,7-8H2,1H3,(H,16,17)(H,18,19)/t11?,12-/m0/s1. The number of carboxylic acids is 1. The third kappa shape index (κ3) is 2.93. The van der Waals surface area contributed by atoms with Crippen molar-refractivity contribution in [2.45, 2.75) is 31.8 Å². The second-order valence-corrected chi connectivity index (χ2v) is 4.69. The summed E-state index contributed by atoms with van der Waals surface area (Å²) in [4.78, 5) is 23.2. The third-order valence-corrected chi connectivity index (χ3v) is 3.43. The molecule has 0 radical (unpaired) electrons. The topological polar surface area (TPSA) is 78.4 Å². The summed E-state index contributed by atoms with van der Waals surface area (Å²) in [6.45, 7) is 3.03. The Hall–Kier alpha value is -1.88. The van der Waals surface area contributed by atoms with Gasteiger partial charge in [0.1, 0.15) is 6.04 Å². The van der Waals surface area contributed by atoms with Gasteiger partial charge < -0.3 is 15.7 Å². The number of carboxylic acid groups (broad SMARTS) is 1. The van der Waals surface area contributed by atoms with Crippen molar-refractivity contribution in [3.63, 3.8) is 0 Å². The highest BCUT2D eigenvalue weighted by atomic mass is 16.4. The summed E-state index contributed by atoms with van der Waals surface area (Å²) < 4.78 is 0. The molecule has 0 aromatic heterocycles. The summed E-state index contributed by atoms with van der Waals surface area (Å²) in [5.41, 5.74) is 2.08. The maximum Gasteiger partial charge on any atom is 0.326 e. The number of carbonyl (C=O) groups is 2. The van der Waals surface area contributed by atoms with Crippen LogP contribution in [0.5, 0.6) is 0 Å². The van der Waals surface area contributed by atoms with E-state index in [1.165, 1.54) is 0 Å². The number of hydrogen-bond acceptors (Lipinski definition) is 3. The molecule has 1 aliphatic heterocycles. The Kier molecular flexibility index (Phi) is 4.16. The Bertz CT molecular complexity index is 487. The summed E-state index contributed by atoms with van der Waals surface area (Å²) in [6.07, 6.45) is 0.378. The quantitative estimate of drug-likeness (QED) is 0.752. The number of hydrogen-bond donors (Lipinski definition) is 3. The van der Waals surface area contributed by atoms with Crippen LogP contribution >= 0.6 is 0 Å². The minimum Gasteiger partial charge on any atom is -0.480 e.